The molecule has 0 unspecified atom stereocenters. The van der Waals surface area contributed by atoms with Gasteiger partial charge < -0.3 is 19.2 Å². The van der Waals surface area contributed by atoms with Crippen molar-refractivity contribution in [1.29, 1.82) is 0 Å². The van der Waals surface area contributed by atoms with E-state index in [9.17, 15) is 9.18 Å². The number of ether oxygens (including phenoxy) is 2. The molecule has 1 aromatic carbocycles. The van der Waals surface area contributed by atoms with E-state index in [-0.39, 0.29) is 18.4 Å². The lowest BCUT2D eigenvalue weighted by atomic mass is 10.2. The first-order chi connectivity index (χ1) is 10.7. The molecule has 0 atom stereocenters. The van der Waals surface area contributed by atoms with Crippen molar-refractivity contribution < 1.29 is 18.7 Å². The lowest BCUT2D eigenvalue weighted by Gasteiger charge is -2.04. The molecule has 1 aliphatic heterocycles. The predicted octanol–water partition coefficient (Wildman–Crippen LogP) is 2.45. The zero-order chi connectivity index (χ0) is 15.1. The van der Waals surface area contributed by atoms with Gasteiger partial charge in [-0.1, -0.05) is 0 Å². The standard InChI is InChI=1S/C15H10FN3O3/c16-9-1-4-14-18-11(7-19(14)6-9)15(20)17-10-2-3-12-13(5-10)22-8-21-12/h1-7H,8H2,(H,17,20). The Morgan fingerprint density at radius 3 is 2.95 bits per heavy atom. The first-order valence-electron chi connectivity index (χ1n) is 6.54. The lowest BCUT2D eigenvalue weighted by Crippen LogP contribution is -2.12. The fraction of sp³-hybridized carbons (Fsp3) is 0.0667. The minimum absolute atomic E-state index is 0.171. The van der Waals surface area contributed by atoms with Gasteiger partial charge in [0.15, 0.2) is 11.5 Å². The number of rotatable bonds is 2. The number of carbonyl (C=O) groups excluding carboxylic acids is 1. The van der Waals surface area contributed by atoms with E-state index in [2.05, 4.69) is 10.3 Å². The molecule has 0 radical (unpaired) electrons. The Balaban J connectivity index is 1.60. The van der Waals surface area contributed by atoms with Crippen molar-refractivity contribution in [2.45, 2.75) is 0 Å². The Kier molecular flexibility index (Phi) is 2.72. The molecule has 0 saturated carbocycles. The van der Waals surface area contributed by atoms with Crippen molar-refractivity contribution >= 4 is 17.2 Å². The zero-order valence-corrected chi connectivity index (χ0v) is 11.2. The average Bonchev–Trinajstić information content (AvgIpc) is 3.12. The van der Waals surface area contributed by atoms with Gasteiger partial charge in [0.05, 0.1) is 0 Å². The summed E-state index contributed by atoms with van der Waals surface area (Å²) < 4.78 is 25.1. The van der Waals surface area contributed by atoms with Gasteiger partial charge in [0.25, 0.3) is 5.91 Å². The number of carbonyl (C=O) groups is 1. The number of imidazole rings is 1. The molecule has 7 heteroatoms. The third kappa shape index (κ3) is 2.12. The van der Waals surface area contributed by atoms with E-state index in [4.69, 9.17) is 9.47 Å². The number of fused-ring (bicyclic) bond motifs is 2. The number of anilines is 1. The highest BCUT2D eigenvalue weighted by Gasteiger charge is 2.16. The van der Waals surface area contributed by atoms with Gasteiger partial charge in [0.2, 0.25) is 6.79 Å². The van der Waals surface area contributed by atoms with Crippen LogP contribution < -0.4 is 14.8 Å². The van der Waals surface area contributed by atoms with Crippen LogP contribution in [0, 0.1) is 5.82 Å². The molecule has 3 heterocycles. The largest absolute Gasteiger partial charge is 0.454 e. The van der Waals surface area contributed by atoms with Crippen molar-refractivity contribution in [3.05, 3.63) is 54.2 Å². The molecule has 6 nitrogen and oxygen atoms in total. The molecule has 1 aliphatic rings. The Morgan fingerprint density at radius 2 is 2.05 bits per heavy atom. The quantitative estimate of drug-likeness (QED) is 0.789. The normalized spacial score (nSPS) is 12.6. The number of halogens is 1. The van der Waals surface area contributed by atoms with Crippen LogP contribution in [0.4, 0.5) is 10.1 Å². The molecule has 0 aliphatic carbocycles. The molecule has 0 spiro atoms. The SMILES string of the molecule is O=C(Nc1ccc2c(c1)OCO2)c1cn2cc(F)ccc2n1. The molecule has 110 valence electrons. The minimum atomic E-state index is -0.396. The van der Waals surface area contributed by atoms with Gasteiger partial charge in [-0.25, -0.2) is 9.37 Å². The van der Waals surface area contributed by atoms with E-state index in [1.807, 2.05) is 0 Å². The molecule has 2 aromatic heterocycles. The number of nitrogens with zero attached hydrogens (tertiary/aromatic N) is 2. The van der Waals surface area contributed by atoms with Crippen LogP contribution in [0.2, 0.25) is 0 Å². The molecule has 0 bridgehead atoms. The molecule has 1 N–H and O–H groups in total. The van der Waals surface area contributed by atoms with E-state index in [1.54, 1.807) is 18.2 Å². The van der Waals surface area contributed by atoms with Crippen LogP contribution in [0.1, 0.15) is 10.5 Å². The van der Waals surface area contributed by atoms with E-state index in [1.165, 1.54) is 28.9 Å². The van der Waals surface area contributed by atoms with Crippen molar-refractivity contribution in [2.75, 3.05) is 12.1 Å². The van der Waals surface area contributed by atoms with E-state index in [0.717, 1.165) is 0 Å². The van der Waals surface area contributed by atoms with Crippen molar-refractivity contribution in [3.8, 4) is 11.5 Å². The lowest BCUT2D eigenvalue weighted by molar-refractivity contribution is 0.102. The molecule has 0 saturated heterocycles. The molecule has 1 amide bonds. The summed E-state index contributed by atoms with van der Waals surface area (Å²) in [6.07, 6.45) is 2.74. The van der Waals surface area contributed by atoms with Gasteiger partial charge in [-0.2, -0.15) is 0 Å². The van der Waals surface area contributed by atoms with E-state index >= 15 is 0 Å². The van der Waals surface area contributed by atoms with E-state index < -0.39 is 5.82 Å². The second kappa shape index (κ2) is 4.73. The average molecular weight is 299 g/mol. The topological polar surface area (TPSA) is 64.9 Å². The number of hydrogen-bond donors (Lipinski definition) is 1. The summed E-state index contributed by atoms with van der Waals surface area (Å²) in [5.74, 6) is 0.437. The van der Waals surface area contributed by atoms with Crippen molar-refractivity contribution in [3.63, 3.8) is 0 Å². The number of benzene rings is 1. The van der Waals surface area contributed by atoms with Crippen LogP contribution in [0.3, 0.4) is 0 Å². The fourth-order valence-corrected chi connectivity index (χ4v) is 2.24. The maximum absolute atomic E-state index is 13.1. The summed E-state index contributed by atoms with van der Waals surface area (Å²) in [6, 6.07) is 7.90. The summed E-state index contributed by atoms with van der Waals surface area (Å²) in [4.78, 5) is 16.4. The highest BCUT2D eigenvalue weighted by Crippen LogP contribution is 2.34. The monoisotopic (exact) mass is 299 g/mol. The molecular weight excluding hydrogens is 289 g/mol. The molecule has 22 heavy (non-hydrogen) atoms. The Labute approximate surface area is 124 Å². The summed E-state index contributed by atoms with van der Waals surface area (Å²) in [5.41, 5.74) is 1.26. The molecule has 4 rings (SSSR count). The Bertz CT molecular complexity index is 891. The molecule has 0 fully saturated rings. The van der Waals surface area contributed by atoms with Gasteiger partial charge >= 0.3 is 0 Å². The zero-order valence-electron chi connectivity index (χ0n) is 11.2. The molecular formula is C15H10FN3O3. The predicted molar refractivity (Wildman–Crippen MR) is 75.7 cm³/mol. The third-order valence-electron chi connectivity index (χ3n) is 3.28. The van der Waals surface area contributed by atoms with Gasteiger partial charge in [-0.05, 0) is 24.3 Å². The number of nitrogens with one attached hydrogen (secondary N) is 1. The highest BCUT2D eigenvalue weighted by atomic mass is 19.1. The summed E-state index contributed by atoms with van der Waals surface area (Å²) >= 11 is 0. The number of amides is 1. The maximum atomic E-state index is 13.1. The van der Waals surface area contributed by atoms with Crippen LogP contribution in [-0.2, 0) is 0 Å². The minimum Gasteiger partial charge on any atom is -0.454 e. The number of aromatic nitrogens is 2. The van der Waals surface area contributed by atoms with Gasteiger partial charge in [0.1, 0.15) is 17.2 Å². The van der Waals surface area contributed by atoms with Gasteiger partial charge in [-0.3, -0.25) is 4.79 Å². The highest BCUT2D eigenvalue weighted by molar-refractivity contribution is 6.03. The first-order valence-corrected chi connectivity index (χ1v) is 6.54. The summed E-state index contributed by atoms with van der Waals surface area (Å²) in [7, 11) is 0. The maximum Gasteiger partial charge on any atom is 0.275 e. The van der Waals surface area contributed by atoms with Gasteiger partial charge in [-0.15, -0.1) is 0 Å². The third-order valence-corrected chi connectivity index (χ3v) is 3.28. The summed E-state index contributed by atoms with van der Waals surface area (Å²) in [5, 5.41) is 2.72. The Morgan fingerprint density at radius 1 is 1.18 bits per heavy atom. The van der Waals surface area contributed by atoms with Crippen LogP contribution in [-0.4, -0.2) is 22.1 Å². The number of pyridine rings is 1. The van der Waals surface area contributed by atoms with Crippen LogP contribution in [0.5, 0.6) is 11.5 Å². The second-order valence-corrected chi connectivity index (χ2v) is 4.76. The van der Waals surface area contributed by atoms with Gasteiger partial charge in [0, 0.05) is 24.1 Å². The van der Waals surface area contributed by atoms with E-state index in [0.29, 0.717) is 22.8 Å². The smallest absolute Gasteiger partial charge is 0.275 e. The van der Waals surface area contributed by atoms with Crippen molar-refractivity contribution in [1.82, 2.24) is 9.38 Å². The number of hydrogen-bond acceptors (Lipinski definition) is 4. The van der Waals surface area contributed by atoms with Crippen molar-refractivity contribution in [2.24, 2.45) is 0 Å². The van der Waals surface area contributed by atoms with Crippen LogP contribution >= 0.6 is 0 Å². The fourth-order valence-electron chi connectivity index (χ4n) is 2.24. The molecule has 3 aromatic rings. The second-order valence-electron chi connectivity index (χ2n) is 4.76. The summed E-state index contributed by atoms with van der Waals surface area (Å²) in [6.45, 7) is 0.171. The first kappa shape index (κ1) is 12.6. The van der Waals surface area contributed by atoms with Crippen LogP contribution in [0.15, 0.2) is 42.7 Å². The van der Waals surface area contributed by atoms with Crippen LogP contribution in [0.25, 0.3) is 5.65 Å². The Hall–Kier alpha value is -3.09.